The van der Waals surface area contributed by atoms with Crippen molar-refractivity contribution in [2.45, 2.75) is 51.7 Å². The number of carbonyl (C=O) groups is 1. The van der Waals surface area contributed by atoms with Gasteiger partial charge in [-0.15, -0.1) is 11.8 Å². The van der Waals surface area contributed by atoms with E-state index in [1.807, 2.05) is 25.1 Å². The molecule has 0 bridgehead atoms. The molecular formula is C21H27NOS. The third-order valence-corrected chi connectivity index (χ3v) is 5.63. The number of aryl methyl sites for hydroxylation is 3. The molecule has 2 rings (SSSR count). The number of rotatable bonds is 6. The fourth-order valence-electron chi connectivity index (χ4n) is 2.73. The van der Waals surface area contributed by atoms with Crippen molar-refractivity contribution in [2.24, 2.45) is 0 Å². The number of hydrogen-bond acceptors (Lipinski definition) is 2. The summed E-state index contributed by atoms with van der Waals surface area (Å²) in [4.78, 5) is 12.5. The van der Waals surface area contributed by atoms with Gasteiger partial charge in [0.1, 0.15) is 0 Å². The van der Waals surface area contributed by atoms with Crippen LogP contribution in [0.3, 0.4) is 0 Å². The monoisotopic (exact) mass is 341 g/mol. The van der Waals surface area contributed by atoms with Crippen molar-refractivity contribution < 1.29 is 4.79 Å². The first-order valence-corrected chi connectivity index (χ1v) is 9.47. The molecule has 0 heterocycles. The molecule has 2 aromatic carbocycles. The predicted octanol–water partition coefficient (Wildman–Crippen LogP) is 5.11. The van der Waals surface area contributed by atoms with Gasteiger partial charge in [-0.2, -0.15) is 0 Å². The number of amides is 1. The molecule has 0 aliphatic carbocycles. The van der Waals surface area contributed by atoms with Crippen LogP contribution in [-0.2, 0) is 10.5 Å². The lowest BCUT2D eigenvalue weighted by Crippen LogP contribution is -2.33. The Labute approximate surface area is 150 Å². The minimum Gasteiger partial charge on any atom is -0.349 e. The second-order valence-corrected chi connectivity index (χ2v) is 7.79. The van der Waals surface area contributed by atoms with E-state index in [0.717, 1.165) is 5.75 Å². The van der Waals surface area contributed by atoms with Crippen molar-refractivity contribution in [1.29, 1.82) is 0 Å². The van der Waals surface area contributed by atoms with Crippen molar-refractivity contribution in [3.63, 3.8) is 0 Å². The largest absolute Gasteiger partial charge is 0.349 e. The molecule has 1 N–H and O–H groups in total. The summed E-state index contributed by atoms with van der Waals surface area (Å²) in [6, 6.07) is 14.7. The topological polar surface area (TPSA) is 29.1 Å². The fourth-order valence-corrected chi connectivity index (χ4v) is 3.58. The summed E-state index contributed by atoms with van der Waals surface area (Å²) in [6.07, 6.45) is 0. The van der Waals surface area contributed by atoms with Crippen LogP contribution >= 0.6 is 11.8 Å². The molecule has 1 amide bonds. The Morgan fingerprint density at radius 3 is 2.29 bits per heavy atom. The molecule has 0 saturated carbocycles. The Morgan fingerprint density at radius 1 is 1.00 bits per heavy atom. The Morgan fingerprint density at radius 2 is 1.62 bits per heavy atom. The maximum atomic E-state index is 12.5. The molecule has 2 atom stereocenters. The zero-order chi connectivity index (χ0) is 17.7. The van der Waals surface area contributed by atoms with Crippen LogP contribution in [0.5, 0.6) is 0 Å². The van der Waals surface area contributed by atoms with Gasteiger partial charge < -0.3 is 5.32 Å². The van der Waals surface area contributed by atoms with Crippen LogP contribution < -0.4 is 5.32 Å². The average molecular weight is 342 g/mol. The maximum absolute atomic E-state index is 12.5. The highest BCUT2D eigenvalue weighted by Crippen LogP contribution is 2.23. The van der Waals surface area contributed by atoms with Gasteiger partial charge in [0.25, 0.3) is 0 Å². The number of benzene rings is 2. The summed E-state index contributed by atoms with van der Waals surface area (Å²) >= 11 is 1.67. The molecule has 0 spiro atoms. The lowest BCUT2D eigenvalue weighted by atomic mass is 9.96. The Hall–Kier alpha value is -1.74. The van der Waals surface area contributed by atoms with Gasteiger partial charge >= 0.3 is 0 Å². The quantitative estimate of drug-likeness (QED) is 0.791. The second-order valence-electron chi connectivity index (χ2n) is 6.46. The first kappa shape index (κ1) is 18.6. The molecule has 24 heavy (non-hydrogen) atoms. The Bertz CT molecular complexity index is 696. The molecule has 2 nitrogen and oxygen atoms in total. The first-order chi connectivity index (χ1) is 11.4. The zero-order valence-corrected chi connectivity index (χ0v) is 16.0. The molecule has 0 radical (unpaired) electrons. The van der Waals surface area contributed by atoms with Crippen LogP contribution in [0.4, 0.5) is 0 Å². The highest BCUT2D eigenvalue weighted by Gasteiger charge is 2.18. The molecule has 128 valence electrons. The fraction of sp³-hybridized carbons (Fsp3) is 0.381. The van der Waals surface area contributed by atoms with Gasteiger partial charge in [-0.05, 0) is 62.4 Å². The van der Waals surface area contributed by atoms with Crippen molar-refractivity contribution in [2.75, 3.05) is 0 Å². The van der Waals surface area contributed by atoms with E-state index in [2.05, 4.69) is 57.3 Å². The van der Waals surface area contributed by atoms with Crippen molar-refractivity contribution in [1.82, 2.24) is 5.32 Å². The Kier molecular flexibility index (Phi) is 6.50. The summed E-state index contributed by atoms with van der Waals surface area (Å²) in [5.74, 6) is 0.952. The van der Waals surface area contributed by atoms with E-state index in [1.165, 1.54) is 27.8 Å². The van der Waals surface area contributed by atoms with Gasteiger partial charge in [-0.1, -0.05) is 42.5 Å². The minimum atomic E-state index is -0.0699. The van der Waals surface area contributed by atoms with E-state index in [9.17, 15) is 4.79 Å². The second kappa shape index (κ2) is 8.39. The van der Waals surface area contributed by atoms with Crippen LogP contribution in [0.25, 0.3) is 0 Å². The summed E-state index contributed by atoms with van der Waals surface area (Å²) in [5, 5.41) is 3.09. The van der Waals surface area contributed by atoms with E-state index < -0.39 is 0 Å². The van der Waals surface area contributed by atoms with Crippen molar-refractivity contribution in [3.05, 3.63) is 70.3 Å². The van der Waals surface area contributed by atoms with E-state index >= 15 is 0 Å². The van der Waals surface area contributed by atoms with Gasteiger partial charge in [0.15, 0.2) is 0 Å². The third kappa shape index (κ3) is 4.88. The van der Waals surface area contributed by atoms with Gasteiger partial charge in [0, 0.05) is 5.75 Å². The van der Waals surface area contributed by atoms with Crippen LogP contribution in [0, 0.1) is 20.8 Å². The molecule has 2 aromatic rings. The smallest absolute Gasteiger partial charge is 0.233 e. The van der Waals surface area contributed by atoms with Gasteiger partial charge in [-0.25, -0.2) is 0 Å². The lowest BCUT2D eigenvalue weighted by Gasteiger charge is -2.20. The van der Waals surface area contributed by atoms with Crippen LogP contribution in [-0.4, -0.2) is 11.2 Å². The molecule has 0 fully saturated rings. The molecular weight excluding hydrogens is 314 g/mol. The van der Waals surface area contributed by atoms with E-state index in [4.69, 9.17) is 0 Å². The number of nitrogens with one attached hydrogen (secondary N) is 1. The molecule has 0 unspecified atom stereocenters. The molecule has 0 aliphatic rings. The highest BCUT2D eigenvalue weighted by atomic mass is 32.2. The normalized spacial score (nSPS) is 13.4. The van der Waals surface area contributed by atoms with Gasteiger partial charge in [0.2, 0.25) is 5.91 Å². The molecule has 0 aliphatic heterocycles. The first-order valence-electron chi connectivity index (χ1n) is 8.42. The molecule has 0 saturated heterocycles. The van der Waals surface area contributed by atoms with Crippen LogP contribution in [0.1, 0.15) is 47.7 Å². The summed E-state index contributed by atoms with van der Waals surface area (Å²) < 4.78 is 0. The predicted molar refractivity (Wildman–Crippen MR) is 104 cm³/mol. The maximum Gasteiger partial charge on any atom is 0.233 e. The lowest BCUT2D eigenvalue weighted by molar-refractivity contribution is -0.120. The van der Waals surface area contributed by atoms with Crippen LogP contribution in [0.15, 0.2) is 42.5 Å². The molecule has 0 aromatic heterocycles. The highest BCUT2D eigenvalue weighted by molar-refractivity contribution is 7.99. The van der Waals surface area contributed by atoms with E-state index in [1.54, 1.807) is 11.8 Å². The number of carbonyl (C=O) groups excluding carboxylic acids is 1. The van der Waals surface area contributed by atoms with Crippen LogP contribution in [0.2, 0.25) is 0 Å². The van der Waals surface area contributed by atoms with Crippen molar-refractivity contribution >= 4 is 17.7 Å². The average Bonchev–Trinajstić information content (AvgIpc) is 2.56. The van der Waals surface area contributed by atoms with E-state index in [-0.39, 0.29) is 17.2 Å². The van der Waals surface area contributed by atoms with Gasteiger partial charge in [0.05, 0.1) is 11.3 Å². The molecule has 3 heteroatoms. The summed E-state index contributed by atoms with van der Waals surface area (Å²) in [7, 11) is 0. The van der Waals surface area contributed by atoms with E-state index in [0.29, 0.717) is 0 Å². The van der Waals surface area contributed by atoms with Gasteiger partial charge in [-0.3, -0.25) is 4.79 Å². The standard InChI is InChI=1S/C21H27NOS/c1-14-11-16(3)20(12-15(14)2)17(4)22-21(23)18(5)24-13-19-9-7-6-8-10-19/h6-12,17-18H,13H2,1-5H3,(H,22,23)/t17-,18+/m0/s1. The minimum absolute atomic E-state index is 0.0246. The summed E-state index contributed by atoms with van der Waals surface area (Å²) in [5.41, 5.74) is 6.24. The summed E-state index contributed by atoms with van der Waals surface area (Å²) in [6.45, 7) is 10.4. The third-order valence-electron chi connectivity index (χ3n) is 4.42. The Balaban J connectivity index is 1.94. The number of thioether (sulfide) groups is 1. The SMILES string of the molecule is Cc1cc(C)c([C@H](C)NC(=O)[C@@H](C)SCc2ccccc2)cc1C. The zero-order valence-electron chi connectivity index (χ0n) is 15.2. The van der Waals surface area contributed by atoms with Crippen molar-refractivity contribution in [3.8, 4) is 0 Å². The number of hydrogen-bond donors (Lipinski definition) is 1.